The Kier molecular flexibility index (Phi) is 5.35. The van der Waals surface area contributed by atoms with Crippen LogP contribution in [0.4, 0.5) is 16.2 Å². The van der Waals surface area contributed by atoms with E-state index in [0.29, 0.717) is 11.6 Å². The first-order valence-electron chi connectivity index (χ1n) is 9.76. The zero-order valence-electron chi connectivity index (χ0n) is 17.2. The summed E-state index contributed by atoms with van der Waals surface area (Å²) in [7, 11) is 0. The first-order valence-corrected chi connectivity index (χ1v) is 9.76. The Morgan fingerprint density at radius 2 is 1.40 bits per heavy atom. The van der Waals surface area contributed by atoms with E-state index in [1.165, 1.54) is 11.1 Å². The molecule has 1 aromatic heterocycles. The van der Waals surface area contributed by atoms with Gasteiger partial charge >= 0.3 is 6.03 Å². The lowest BCUT2D eigenvalue weighted by Gasteiger charge is -2.09. The molecule has 1 heterocycles. The highest BCUT2D eigenvalue weighted by Gasteiger charge is 2.09. The topological polar surface area (TPSA) is 67.2 Å². The van der Waals surface area contributed by atoms with Crippen LogP contribution in [-0.2, 0) is 0 Å². The van der Waals surface area contributed by atoms with Crippen LogP contribution in [0.5, 0.6) is 0 Å². The second-order valence-electron chi connectivity index (χ2n) is 7.36. The molecule has 2 amide bonds. The molecule has 5 nitrogen and oxygen atoms in total. The molecule has 0 radical (unpaired) electrons. The Morgan fingerprint density at radius 1 is 0.767 bits per heavy atom. The van der Waals surface area contributed by atoms with E-state index in [9.17, 15) is 4.79 Å². The average molecular weight is 397 g/mol. The normalized spacial score (nSPS) is 10.6. The highest BCUT2D eigenvalue weighted by atomic mass is 16.3. The molecule has 2 N–H and O–H groups in total. The van der Waals surface area contributed by atoms with Crippen molar-refractivity contribution in [3.05, 3.63) is 89.7 Å². The lowest BCUT2D eigenvalue weighted by molar-refractivity contribution is 0.262. The summed E-state index contributed by atoms with van der Waals surface area (Å²) in [5, 5.41) is 5.69. The number of oxazole rings is 1. The van der Waals surface area contributed by atoms with E-state index in [1.54, 1.807) is 6.26 Å². The fourth-order valence-electron chi connectivity index (χ4n) is 3.07. The number of carbonyl (C=O) groups is 1. The number of aromatic nitrogens is 1. The van der Waals surface area contributed by atoms with Crippen molar-refractivity contribution < 1.29 is 9.21 Å². The third-order valence-electron chi connectivity index (χ3n) is 5.01. The van der Waals surface area contributed by atoms with E-state index >= 15 is 0 Å². The Bertz CT molecular complexity index is 1180. The summed E-state index contributed by atoms with van der Waals surface area (Å²) in [5.41, 5.74) is 7.61. The van der Waals surface area contributed by atoms with Crippen molar-refractivity contribution in [1.82, 2.24) is 4.98 Å². The molecular weight excluding hydrogens is 374 g/mol. The van der Waals surface area contributed by atoms with E-state index in [4.69, 9.17) is 4.42 Å². The number of hydrogen-bond donors (Lipinski definition) is 2. The number of carbonyl (C=O) groups excluding carboxylic acids is 1. The monoisotopic (exact) mass is 397 g/mol. The lowest BCUT2D eigenvalue weighted by atomic mass is 10.1. The van der Waals surface area contributed by atoms with Gasteiger partial charge in [-0.05, 0) is 68.3 Å². The van der Waals surface area contributed by atoms with Crippen LogP contribution in [-0.4, -0.2) is 11.0 Å². The molecule has 5 heteroatoms. The van der Waals surface area contributed by atoms with Gasteiger partial charge in [-0.2, -0.15) is 0 Å². The molecular formula is C25H23N3O2. The summed E-state index contributed by atoms with van der Waals surface area (Å²) < 4.78 is 5.65. The lowest BCUT2D eigenvalue weighted by Crippen LogP contribution is -2.19. The fraction of sp³-hybridized carbons (Fsp3) is 0.120. The van der Waals surface area contributed by atoms with Crippen molar-refractivity contribution >= 4 is 17.4 Å². The van der Waals surface area contributed by atoms with E-state index in [-0.39, 0.29) is 6.03 Å². The predicted octanol–water partition coefficient (Wildman–Crippen LogP) is 6.58. The van der Waals surface area contributed by atoms with Gasteiger partial charge in [-0.25, -0.2) is 9.78 Å². The van der Waals surface area contributed by atoms with Gasteiger partial charge < -0.3 is 15.1 Å². The van der Waals surface area contributed by atoms with E-state index in [0.717, 1.165) is 28.1 Å². The summed E-state index contributed by atoms with van der Waals surface area (Å²) in [6.45, 7) is 6.11. The van der Waals surface area contributed by atoms with Crippen LogP contribution in [0.1, 0.15) is 16.7 Å². The van der Waals surface area contributed by atoms with Crippen LogP contribution >= 0.6 is 0 Å². The molecule has 0 saturated heterocycles. The minimum absolute atomic E-state index is 0.288. The summed E-state index contributed by atoms with van der Waals surface area (Å²) >= 11 is 0. The Hall–Kier alpha value is -3.86. The number of nitrogens with zero attached hydrogens (tertiary/aromatic N) is 1. The van der Waals surface area contributed by atoms with Crippen molar-refractivity contribution in [3.63, 3.8) is 0 Å². The van der Waals surface area contributed by atoms with Gasteiger partial charge in [-0.15, -0.1) is 0 Å². The molecule has 0 fully saturated rings. The quantitative estimate of drug-likeness (QED) is 0.409. The van der Waals surface area contributed by atoms with Gasteiger partial charge in [-0.1, -0.05) is 35.9 Å². The molecule has 0 unspecified atom stereocenters. The first kappa shape index (κ1) is 19.5. The third kappa shape index (κ3) is 4.41. The van der Waals surface area contributed by atoms with Gasteiger partial charge in [-0.3, -0.25) is 0 Å². The zero-order chi connectivity index (χ0) is 21.1. The first-order chi connectivity index (χ1) is 14.5. The second kappa shape index (κ2) is 8.25. The number of rotatable bonds is 4. The number of amides is 2. The van der Waals surface area contributed by atoms with Crippen molar-refractivity contribution in [2.45, 2.75) is 20.8 Å². The van der Waals surface area contributed by atoms with Gasteiger partial charge in [0.1, 0.15) is 12.0 Å². The van der Waals surface area contributed by atoms with Gasteiger partial charge in [0.25, 0.3) is 0 Å². The largest absolute Gasteiger partial charge is 0.444 e. The molecule has 4 aromatic rings. The minimum Gasteiger partial charge on any atom is -0.444 e. The van der Waals surface area contributed by atoms with Crippen LogP contribution in [0.25, 0.3) is 22.7 Å². The van der Waals surface area contributed by atoms with Gasteiger partial charge in [0, 0.05) is 22.5 Å². The highest BCUT2D eigenvalue weighted by molar-refractivity contribution is 5.99. The van der Waals surface area contributed by atoms with Gasteiger partial charge in [0.15, 0.2) is 0 Å². The van der Waals surface area contributed by atoms with Gasteiger partial charge in [0.2, 0.25) is 5.89 Å². The third-order valence-corrected chi connectivity index (χ3v) is 5.01. The molecule has 150 valence electrons. The van der Waals surface area contributed by atoms with Crippen LogP contribution < -0.4 is 10.6 Å². The fourth-order valence-corrected chi connectivity index (χ4v) is 3.07. The smallest absolute Gasteiger partial charge is 0.323 e. The summed E-state index contributed by atoms with van der Waals surface area (Å²) in [6.07, 6.45) is 1.66. The minimum atomic E-state index is -0.288. The van der Waals surface area contributed by atoms with Crippen LogP contribution in [0.3, 0.4) is 0 Å². The van der Waals surface area contributed by atoms with Crippen molar-refractivity contribution in [3.8, 4) is 22.7 Å². The molecule has 0 spiro atoms. The summed E-state index contributed by atoms with van der Waals surface area (Å²) in [5.74, 6) is 0.539. The maximum Gasteiger partial charge on any atom is 0.323 e. The van der Waals surface area contributed by atoms with Gasteiger partial charge in [0.05, 0.1) is 0 Å². The van der Waals surface area contributed by atoms with Crippen LogP contribution in [0.2, 0.25) is 0 Å². The number of hydrogen-bond acceptors (Lipinski definition) is 3. The highest BCUT2D eigenvalue weighted by Crippen LogP contribution is 2.26. The van der Waals surface area contributed by atoms with Crippen molar-refractivity contribution in [1.29, 1.82) is 0 Å². The van der Waals surface area contributed by atoms with E-state index in [1.807, 2.05) is 80.6 Å². The molecule has 4 rings (SSSR count). The molecule has 0 bridgehead atoms. The van der Waals surface area contributed by atoms with E-state index < -0.39 is 0 Å². The molecule has 30 heavy (non-hydrogen) atoms. The Balaban J connectivity index is 1.42. The standard InChI is InChI=1S/C25H23N3O2/c1-16-4-7-19(8-5-16)23-15-30-24(28-23)20-9-12-21(13-10-20)26-25(29)27-22-11-6-17(2)18(3)14-22/h4-15H,1-3H3,(H2,26,27,29). The maximum atomic E-state index is 12.3. The zero-order valence-corrected chi connectivity index (χ0v) is 17.2. The van der Waals surface area contributed by atoms with Crippen LogP contribution in [0.15, 0.2) is 77.4 Å². The molecule has 0 atom stereocenters. The molecule has 0 aliphatic heterocycles. The second-order valence-corrected chi connectivity index (χ2v) is 7.36. The van der Waals surface area contributed by atoms with Crippen molar-refractivity contribution in [2.75, 3.05) is 10.6 Å². The van der Waals surface area contributed by atoms with Crippen molar-refractivity contribution in [2.24, 2.45) is 0 Å². The number of anilines is 2. The summed E-state index contributed by atoms with van der Waals surface area (Å²) in [4.78, 5) is 16.8. The molecule has 3 aromatic carbocycles. The van der Waals surface area contributed by atoms with E-state index in [2.05, 4.69) is 22.5 Å². The SMILES string of the molecule is Cc1ccc(-c2coc(-c3ccc(NC(=O)Nc4ccc(C)c(C)c4)cc3)n2)cc1. The predicted molar refractivity (Wildman–Crippen MR) is 121 cm³/mol. The Morgan fingerprint density at radius 3 is 2.10 bits per heavy atom. The number of benzene rings is 3. The number of nitrogens with one attached hydrogen (secondary N) is 2. The van der Waals surface area contributed by atoms with Crippen LogP contribution in [0, 0.1) is 20.8 Å². The molecule has 0 aliphatic rings. The molecule has 0 saturated carbocycles. The molecule has 0 aliphatic carbocycles. The summed E-state index contributed by atoms with van der Waals surface area (Å²) in [6, 6.07) is 21.1. The average Bonchev–Trinajstić information content (AvgIpc) is 3.22. The Labute approximate surface area is 175 Å². The maximum absolute atomic E-state index is 12.3. The number of aryl methyl sites for hydroxylation is 3. The number of urea groups is 1.